The number of likely N-dealkylation sites (N-methyl/N-ethyl adjacent to an activating group) is 1. The minimum atomic E-state index is 0.582. The first-order chi connectivity index (χ1) is 7.22. The van der Waals surface area contributed by atoms with E-state index in [0.717, 1.165) is 19.5 Å². The average molecular weight is 226 g/mol. The van der Waals surface area contributed by atoms with Gasteiger partial charge in [-0.05, 0) is 44.9 Å². The number of hydrogen-bond acceptors (Lipinski definition) is 3. The molecule has 1 atom stereocenters. The predicted molar refractivity (Wildman–Crippen MR) is 68.7 cm³/mol. The number of hydrogen-bond donors (Lipinski definition) is 1. The second-order valence-electron chi connectivity index (χ2n) is 4.20. The van der Waals surface area contributed by atoms with Gasteiger partial charge < -0.3 is 10.2 Å². The molecule has 0 saturated carbocycles. The van der Waals surface area contributed by atoms with Crippen LogP contribution in [0, 0.1) is 0 Å². The van der Waals surface area contributed by atoms with Crippen molar-refractivity contribution >= 4 is 11.3 Å². The highest BCUT2D eigenvalue weighted by Crippen LogP contribution is 2.11. The number of rotatable bonds is 7. The van der Waals surface area contributed by atoms with Crippen molar-refractivity contribution in [1.29, 1.82) is 0 Å². The molecule has 1 N–H and O–H groups in total. The molecule has 15 heavy (non-hydrogen) atoms. The number of nitrogens with zero attached hydrogens (tertiary/aromatic N) is 1. The molecular weight excluding hydrogens is 204 g/mol. The average Bonchev–Trinajstić information content (AvgIpc) is 2.66. The van der Waals surface area contributed by atoms with E-state index in [1.165, 1.54) is 11.3 Å². The smallest absolute Gasteiger partial charge is 0.0242 e. The van der Waals surface area contributed by atoms with Crippen LogP contribution in [0.2, 0.25) is 0 Å². The summed E-state index contributed by atoms with van der Waals surface area (Å²) < 4.78 is 0. The molecule has 0 aromatic carbocycles. The Hall–Kier alpha value is -0.380. The molecule has 0 amide bonds. The summed E-state index contributed by atoms with van der Waals surface area (Å²) in [5.74, 6) is 0. The topological polar surface area (TPSA) is 15.3 Å². The van der Waals surface area contributed by atoms with Crippen LogP contribution in [-0.4, -0.2) is 38.1 Å². The predicted octanol–water partition coefficient (Wildman–Crippen LogP) is 2.22. The lowest BCUT2D eigenvalue weighted by molar-refractivity contribution is 0.337. The molecule has 1 unspecified atom stereocenters. The van der Waals surface area contributed by atoms with E-state index in [1.54, 1.807) is 0 Å². The molecule has 0 fully saturated rings. The summed E-state index contributed by atoms with van der Waals surface area (Å²) >= 11 is 1.85. The van der Waals surface area contributed by atoms with Crippen LogP contribution >= 0.6 is 11.3 Å². The fourth-order valence-electron chi connectivity index (χ4n) is 1.66. The Balaban J connectivity index is 2.41. The van der Waals surface area contributed by atoms with Crippen molar-refractivity contribution in [2.45, 2.75) is 25.8 Å². The Morgan fingerprint density at radius 3 is 2.80 bits per heavy atom. The van der Waals surface area contributed by atoms with Gasteiger partial charge in [0.2, 0.25) is 0 Å². The van der Waals surface area contributed by atoms with E-state index < -0.39 is 0 Å². The first-order valence-corrected chi connectivity index (χ1v) is 6.50. The molecule has 0 bridgehead atoms. The largest absolute Gasteiger partial charge is 0.312 e. The van der Waals surface area contributed by atoms with Crippen LogP contribution in [0.1, 0.15) is 18.2 Å². The highest BCUT2D eigenvalue weighted by atomic mass is 32.1. The molecule has 2 nitrogen and oxygen atoms in total. The lowest BCUT2D eigenvalue weighted by Gasteiger charge is -2.21. The van der Waals surface area contributed by atoms with E-state index in [-0.39, 0.29) is 0 Å². The highest BCUT2D eigenvalue weighted by molar-refractivity contribution is 7.09. The van der Waals surface area contributed by atoms with Gasteiger partial charge in [0.1, 0.15) is 0 Å². The molecule has 0 radical (unpaired) electrons. The van der Waals surface area contributed by atoms with Crippen molar-refractivity contribution in [3.63, 3.8) is 0 Å². The van der Waals surface area contributed by atoms with Gasteiger partial charge in [-0.3, -0.25) is 0 Å². The van der Waals surface area contributed by atoms with E-state index in [0.29, 0.717) is 6.04 Å². The van der Waals surface area contributed by atoms with Crippen LogP contribution < -0.4 is 5.32 Å². The van der Waals surface area contributed by atoms with Gasteiger partial charge in [0.25, 0.3) is 0 Å². The van der Waals surface area contributed by atoms with E-state index in [9.17, 15) is 0 Å². The van der Waals surface area contributed by atoms with Gasteiger partial charge in [0, 0.05) is 17.5 Å². The van der Waals surface area contributed by atoms with E-state index in [1.807, 2.05) is 11.3 Å². The van der Waals surface area contributed by atoms with Crippen LogP contribution in [0.5, 0.6) is 0 Å². The lowest BCUT2D eigenvalue weighted by Crippen LogP contribution is -2.40. The molecule has 3 heteroatoms. The third-order valence-corrected chi connectivity index (χ3v) is 3.19. The molecule has 86 valence electrons. The van der Waals surface area contributed by atoms with Crippen LogP contribution in [0.4, 0.5) is 0 Å². The zero-order chi connectivity index (χ0) is 11.1. The fourth-order valence-corrected chi connectivity index (χ4v) is 2.45. The molecule has 0 spiro atoms. The zero-order valence-corrected chi connectivity index (χ0v) is 10.8. The maximum atomic E-state index is 3.60. The molecule has 1 rings (SSSR count). The molecule has 0 aliphatic rings. The van der Waals surface area contributed by atoms with Gasteiger partial charge in [-0.1, -0.05) is 13.0 Å². The first kappa shape index (κ1) is 12.7. The fraction of sp³-hybridized carbons (Fsp3) is 0.667. The summed E-state index contributed by atoms with van der Waals surface area (Å²) in [6, 6.07) is 4.94. The normalized spacial score (nSPS) is 13.3. The first-order valence-electron chi connectivity index (χ1n) is 5.63. The van der Waals surface area contributed by atoms with Gasteiger partial charge in [-0.15, -0.1) is 11.3 Å². The van der Waals surface area contributed by atoms with Crippen molar-refractivity contribution in [3.8, 4) is 0 Å². The van der Waals surface area contributed by atoms with Crippen LogP contribution in [0.3, 0.4) is 0 Å². The molecule has 0 aliphatic carbocycles. The Labute approximate surface area is 97.3 Å². The lowest BCUT2D eigenvalue weighted by atomic mass is 10.1. The molecule has 1 aromatic heterocycles. The van der Waals surface area contributed by atoms with E-state index in [2.05, 4.69) is 48.7 Å². The van der Waals surface area contributed by atoms with Gasteiger partial charge in [-0.2, -0.15) is 0 Å². The molecule has 0 saturated heterocycles. The van der Waals surface area contributed by atoms with E-state index in [4.69, 9.17) is 0 Å². The van der Waals surface area contributed by atoms with Crippen LogP contribution in [0.25, 0.3) is 0 Å². The maximum absolute atomic E-state index is 3.60. The minimum Gasteiger partial charge on any atom is -0.312 e. The van der Waals surface area contributed by atoms with Crippen molar-refractivity contribution in [2.24, 2.45) is 0 Å². The van der Waals surface area contributed by atoms with Gasteiger partial charge in [0.05, 0.1) is 0 Å². The molecular formula is C12H22N2S. The third-order valence-electron chi connectivity index (χ3n) is 2.30. The summed E-state index contributed by atoms with van der Waals surface area (Å²) in [7, 11) is 4.27. The Bertz CT molecular complexity index is 244. The minimum absolute atomic E-state index is 0.582. The molecule has 0 aliphatic heterocycles. The third kappa shape index (κ3) is 5.30. The Kier molecular flexibility index (Phi) is 5.91. The summed E-state index contributed by atoms with van der Waals surface area (Å²) in [6.07, 6.45) is 2.35. The Morgan fingerprint density at radius 2 is 2.27 bits per heavy atom. The highest BCUT2D eigenvalue weighted by Gasteiger charge is 2.10. The zero-order valence-electron chi connectivity index (χ0n) is 9.99. The SMILES string of the molecule is CCCNC(Cc1cccs1)CN(C)C. The second-order valence-corrected chi connectivity index (χ2v) is 5.23. The Morgan fingerprint density at radius 1 is 1.47 bits per heavy atom. The van der Waals surface area contributed by atoms with Crippen molar-refractivity contribution in [1.82, 2.24) is 10.2 Å². The summed E-state index contributed by atoms with van der Waals surface area (Å²) in [5, 5.41) is 5.76. The second kappa shape index (κ2) is 6.99. The summed E-state index contributed by atoms with van der Waals surface area (Å²) in [4.78, 5) is 3.73. The van der Waals surface area contributed by atoms with Gasteiger partial charge in [-0.25, -0.2) is 0 Å². The van der Waals surface area contributed by atoms with Gasteiger partial charge in [0.15, 0.2) is 0 Å². The maximum Gasteiger partial charge on any atom is 0.0242 e. The standard InChI is InChI=1S/C12H22N2S/c1-4-7-13-11(10-14(2)3)9-12-6-5-8-15-12/h5-6,8,11,13H,4,7,9-10H2,1-3H3. The quantitative estimate of drug-likeness (QED) is 0.767. The monoisotopic (exact) mass is 226 g/mol. The number of nitrogens with one attached hydrogen (secondary N) is 1. The summed E-state index contributed by atoms with van der Waals surface area (Å²) in [6.45, 7) is 4.44. The van der Waals surface area contributed by atoms with E-state index >= 15 is 0 Å². The molecule has 1 aromatic rings. The molecule has 1 heterocycles. The number of thiophene rings is 1. The van der Waals surface area contributed by atoms with Crippen molar-refractivity contribution in [2.75, 3.05) is 27.2 Å². The van der Waals surface area contributed by atoms with Crippen LogP contribution in [-0.2, 0) is 6.42 Å². The van der Waals surface area contributed by atoms with Crippen molar-refractivity contribution < 1.29 is 0 Å². The van der Waals surface area contributed by atoms with Crippen LogP contribution in [0.15, 0.2) is 17.5 Å². The van der Waals surface area contributed by atoms with Gasteiger partial charge >= 0.3 is 0 Å². The summed E-state index contributed by atoms with van der Waals surface area (Å²) in [5.41, 5.74) is 0. The van der Waals surface area contributed by atoms with Crippen molar-refractivity contribution in [3.05, 3.63) is 22.4 Å².